The summed E-state index contributed by atoms with van der Waals surface area (Å²) in [6.45, 7) is 6.20. The third-order valence-electron chi connectivity index (χ3n) is 2.77. The van der Waals surface area contributed by atoms with E-state index in [1.165, 1.54) is 6.26 Å². The number of guanidine groups is 1. The van der Waals surface area contributed by atoms with Crippen LogP contribution in [0, 0.1) is 6.92 Å². The number of carbonyl (C=O) groups excluding carboxylic acids is 1. The minimum absolute atomic E-state index is 0. The molecule has 0 saturated heterocycles. The van der Waals surface area contributed by atoms with Crippen molar-refractivity contribution in [2.45, 2.75) is 26.7 Å². The molecule has 1 amide bonds. The molecule has 0 aliphatic heterocycles. The molecule has 1 heterocycles. The van der Waals surface area contributed by atoms with Crippen LogP contribution >= 0.6 is 24.0 Å². The van der Waals surface area contributed by atoms with E-state index in [2.05, 4.69) is 27.9 Å². The molecule has 0 radical (unpaired) electrons. The summed E-state index contributed by atoms with van der Waals surface area (Å²) in [6.07, 6.45) is 3.40. The van der Waals surface area contributed by atoms with Crippen LogP contribution in [0.25, 0.3) is 0 Å². The van der Waals surface area contributed by atoms with E-state index in [-0.39, 0.29) is 29.9 Å². The van der Waals surface area contributed by atoms with Crippen molar-refractivity contribution < 1.29 is 9.21 Å². The predicted molar refractivity (Wildman–Crippen MR) is 95.5 cm³/mol. The average molecular weight is 408 g/mol. The Morgan fingerprint density at radius 3 is 2.48 bits per heavy atom. The van der Waals surface area contributed by atoms with E-state index in [0.717, 1.165) is 37.5 Å². The van der Waals surface area contributed by atoms with Gasteiger partial charge < -0.3 is 20.4 Å². The lowest BCUT2D eigenvalue weighted by molar-refractivity contribution is 0.0925. The molecule has 0 aliphatic carbocycles. The van der Waals surface area contributed by atoms with E-state index in [1.54, 1.807) is 13.1 Å². The summed E-state index contributed by atoms with van der Waals surface area (Å²) in [7, 11) is 1.74. The molecule has 1 aromatic heterocycles. The van der Waals surface area contributed by atoms with Gasteiger partial charge in [-0.1, -0.05) is 6.92 Å². The lowest BCUT2D eigenvalue weighted by Gasteiger charge is -2.11. The lowest BCUT2D eigenvalue weighted by atomic mass is 10.2. The van der Waals surface area contributed by atoms with Gasteiger partial charge in [0.2, 0.25) is 0 Å². The highest BCUT2D eigenvalue weighted by Crippen LogP contribution is 2.07. The van der Waals surface area contributed by atoms with Crippen LogP contribution in [0.2, 0.25) is 0 Å². The van der Waals surface area contributed by atoms with Crippen LogP contribution in [0.3, 0.4) is 0 Å². The average Bonchev–Trinajstić information content (AvgIpc) is 2.88. The van der Waals surface area contributed by atoms with E-state index in [0.29, 0.717) is 12.3 Å². The zero-order valence-electron chi connectivity index (χ0n) is 12.9. The fourth-order valence-electron chi connectivity index (χ4n) is 1.65. The summed E-state index contributed by atoms with van der Waals surface area (Å²) in [5, 5.41) is 9.20. The number of carbonyl (C=O) groups is 1. The number of hydrogen-bond acceptors (Lipinski definition) is 3. The van der Waals surface area contributed by atoms with Gasteiger partial charge in [-0.2, -0.15) is 0 Å². The topological polar surface area (TPSA) is 78.7 Å². The Hall–Kier alpha value is -1.25. The molecule has 3 N–H and O–H groups in total. The SMILES string of the molecule is CCCNC(=NC)NCCCNC(=O)c1occc1C.I. The zero-order valence-corrected chi connectivity index (χ0v) is 15.2. The van der Waals surface area contributed by atoms with Crippen molar-refractivity contribution in [3.8, 4) is 0 Å². The molecule has 0 atom stereocenters. The molecule has 0 spiro atoms. The minimum atomic E-state index is -0.166. The second kappa shape index (κ2) is 11.4. The Morgan fingerprint density at radius 1 is 1.24 bits per heavy atom. The first-order valence-corrected chi connectivity index (χ1v) is 6.95. The highest BCUT2D eigenvalue weighted by Gasteiger charge is 2.11. The van der Waals surface area contributed by atoms with E-state index < -0.39 is 0 Å². The minimum Gasteiger partial charge on any atom is -0.459 e. The van der Waals surface area contributed by atoms with Crippen molar-refractivity contribution in [1.82, 2.24) is 16.0 Å². The molecular formula is C14H25IN4O2. The standard InChI is InChI=1S/C14H24N4O2.HI/c1-4-7-17-14(15-3)18-9-5-8-16-13(19)12-11(2)6-10-20-12;/h6,10H,4-5,7-9H2,1-3H3,(H,16,19)(H2,15,17,18);1H. The summed E-state index contributed by atoms with van der Waals surface area (Å²) < 4.78 is 5.13. The number of furan rings is 1. The molecule has 21 heavy (non-hydrogen) atoms. The smallest absolute Gasteiger partial charge is 0.287 e. The fourth-order valence-corrected chi connectivity index (χ4v) is 1.65. The Morgan fingerprint density at radius 2 is 1.90 bits per heavy atom. The summed E-state index contributed by atoms with van der Waals surface area (Å²) in [6, 6.07) is 1.78. The maximum atomic E-state index is 11.8. The van der Waals surface area contributed by atoms with Crippen molar-refractivity contribution in [1.29, 1.82) is 0 Å². The second-order valence-electron chi connectivity index (χ2n) is 4.47. The number of aliphatic imine (C=N–C) groups is 1. The molecule has 0 aromatic carbocycles. The van der Waals surface area contributed by atoms with E-state index in [1.807, 2.05) is 6.92 Å². The molecule has 1 aromatic rings. The van der Waals surface area contributed by atoms with Gasteiger partial charge in [0, 0.05) is 32.2 Å². The van der Waals surface area contributed by atoms with Crippen molar-refractivity contribution in [2.75, 3.05) is 26.7 Å². The quantitative estimate of drug-likeness (QED) is 0.279. The van der Waals surface area contributed by atoms with Crippen LogP contribution in [-0.4, -0.2) is 38.5 Å². The van der Waals surface area contributed by atoms with Crippen LogP contribution in [0.4, 0.5) is 0 Å². The summed E-state index contributed by atoms with van der Waals surface area (Å²) in [5.74, 6) is 1.01. The fraction of sp³-hybridized carbons (Fsp3) is 0.571. The highest BCUT2D eigenvalue weighted by molar-refractivity contribution is 14.0. The molecule has 6 nitrogen and oxygen atoms in total. The van der Waals surface area contributed by atoms with Crippen molar-refractivity contribution >= 4 is 35.8 Å². The monoisotopic (exact) mass is 408 g/mol. The zero-order chi connectivity index (χ0) is 14.8. The van der Waals surface area contributed by atoms with Gasteiger partial charge in [-0.05, 0) is 25.8 Å². The second-order valence-corrected chi connectivity index (χ2v) is 4.47. The lowest BCUT2D eigenvalue weighted by Crippen LogP contribution is -2.39. The number of hydrogen-bond donors (Lipinski definition) is 3. The first-order valence-electron chi connectivity index (χ1n) is 6.95. The van der Waals surface area contributed by atoms with Crippen molar-refractivity contribution in [3.05, 3.63) is 23.7 Å². The molecule has 0 bridgehead atoms. The highest BCUT2D eigenvalue weighted by atomic mass is 127. The molecular weight excluding hydrogens is 383 g/mol. The van der Waals surface area contributed by atoms with Crippen LogP contribution in [-0.2, 0) is 0 Å². The number of nitrogens with one attached hydrogen (secondary N) is 3. The number of aryl methyl sites for hydroxylation is 1. The Labute approximate surface area is 143 Å². The molecule has 0 aliphatic rings. The summed E-state index contributed by atoms with van der Waals surface area (Å²) in [5.41, 5.74) is 0.852. The molecule has 120 valence electrons. The Kier molecular flexibility index (Phi) is 10.7. The van der Waals surface area contributed by atoms with Crippen LogP contribution in [0.1, 0.15) is 35.9 Å². The predicted octanol–water partition coefficient (Wildman–Crippen LogP) is 1.90. The van der Waals surface area contributed by atoms with Gasteiger partial charge in [0.25, 0.3) is 5.91 Å². The summed E-state index contributed by atoms with van der Waals surface area (Å²) in [4.78, 5) is 15.9. The van der Waals surface area contributed by atoms with Gasteiger partial charge in [0.15, 0.2) is 11.7 Å². The third-order valence-corrected chi connectivity index (χ3v) is 2.77. The molecule has 0 unspecified atom stereocenters. The molecule has 1 rings (SSSR count). The molecule has 0 saturated carbocycles. The first-order chi connectivity index (χ1) is 9.69. The number of amides is 1. The Balaban J connectivity index is 0.00000400. The van der Waals surface area contributed by atoms with E-state index in [4.69, 9.17) is 4.42 Å². The first kappa shape index (κ1) is 19.8. The summed E-state index contributed by atoms with van der Waals surface area (Å²) >= 11 is 0. The van der Waals surface area contributed by atoms with E-state index >= 15 is 0 Å². The van der Waals surface area contributed by atoms with Crippen LogP contribution in [0.5, 0.6) is 0 Å². The number of nitrogens with zero attached hydrogens (tertiary/aromatic N) is 1. The van der Waals surface area contributed by atoms with Gasteiger partial charge in [-0.3, -0.25) is 9.79 Å². The van der Waals surface area contributed by atoms with E-state index in [9.17, 15) is 4.79 Å². The molecule has 7 heteroatoms. The van der Waals surface area contributed by atoms with Gasteiger partial charge in [0.05, 0.1) is 6.26 Å². The maximum Gasteiger partial charge on any atom is 0.287 e. The normalized spacial score (nSPS) is 10.7. The molecule has 0 fully saturated rings. The largest absolute Gasteiger partial charge is 0.459 e. The number of rotatable bonds is 7. The Bertz CT molecular complexity index is 446. The van der Waals surface area contributed by atoms with Gasteiger partial charge >= 0.3 is 0 Å². The maximum absolute atomic E-state index is 11.8. The van der Waals surface area contributed by atoms with Crippen molar-refractivity contribution in [3.63, 3.8) is 0 Å². The van der Waals surface area contributed by atoms with Crippen LogP contribution in [0.15, 0.2) is 21.7 Å². The van der Waals surface area contributed by atoms with Gasteiger partial charge in [-0.15, -0.1) is 24.0 Å². The van der Waals surface area contributed by atoms with Gasteiger partial charge in [0.1, 0.15) is 0 Å². The van der Waals surface area contributed by atoms with Gasteiger partial charge in [-0.25, -0.2) is 0 Å². The van der Waals surface area contributed by atoms with Crippen molar-refractivity contribution in [2.24, 2.45) is 4.99 Å². The van der Waals surface area contributed by atoms with Crippen LogP contribution < -0.4 is 16.0 Å². The third kappa shape index (κ3) is 7.35. The number of halogens is 1.